The van der Waals surface area contributed by atoms with Gasteiger partial charge in [0.25, 0.3) is 0 Å². The van der Waals surface area contributed by atoms with Gasteiger partial charge < -0.3 is 9.47 Å². The normalized spacial score (nSPS) is 18.5. The van der Waals surface area contributed by atoms with E-state index in [-0.39, 0.29) is 18.2 Å². The Balaban J connectivity index is 4.18. The van der Waals surface area contributed by atoms with Crippen molar-refractivity contribution in [1.29, 1.82) is 0 Å². The molecule has 4 atom stereocenters. The van der Waals surface area contributed by atoms with E-state index in [4.69, 9.17) is 9.47 Å². The number of alkyl halides is 1. The maximum Gasteiger partial charge on any atom is 0.148 e. The molecule has 0 saturated heterocycles. The molecule has 0 aromatic carbocycles. The van der Waals surface area contributed by atoms with Crippen LogP contribution in [0.5, 0.6) is 0 Å². The highest BCUT2D eigenvalue weighted by Gasteiger charge is 2.26. The quantitative estimate of drug-likeness (QED) is 0.493. The smallest absolute Gasteiger partial charge is 0.148 e. The second kappa shape index (κ2) is 8.46. The van der Waals surface area contributed by atoms with E-state index in [1.807, 2.05) is 20.5 Å². The second-order valence-electron chi connectivity index (χ2n) is 3.75. The Bertz CT molecular complexity index is 163. The Morgan fingerprint density at radius 3 is 2.40 bits per heavy atom. The van der Waals surface area contributed by atoms with Crippen molar-refractivity contribution in [2.45, 2.75) is 38.2 Å². The van der Waals surface area contributed by atoms with Gasteiger partial charge in [-0.3, -0.25) is 9.48 Å². The molecule has 0 aliphatic heterocycles. The minimum atomic E-state index is -0.946. The van der Waals surface area contributed by atoms with E-state index in [0.29, 0.717) is 15.3 Å². The van der Waals surface area contributed by atoms with Crippen LogP contribution in [-0.2, 0) is 9.47 Å². The van der Waals surface area contributed by atoms with Gasteiger partial charge in [-0.2, -0.15) is 0 Å². The summed E-state index contributed by atoms with van der Waals surface area (Å²) >= 11 is 0. The molecule has 0 amide bonds. The highest BCUT2D eigenvalue weighted by Crippen LogP contribution is 2.11. The molecule has 0 rings (SSSR count). The van der Waals surface area contributed by atoms with Gasteiger partial charge in [-0.1, -0.05) is 8.73 Å². The third kappa shape index (κ3) is 6.46. The Hall–Kier alpha value is 0.305. The summed E-state index contributed by atoms with van der Waals surface area (Å²) in [5.74, 6) is 0. The first-order valence-corrected chi connectivity index (χ1v) is 6.73. The van der Waals surface area contributed by atoms with Crippen molar-refractivity contribution < 1.29 is 13.9 Å². The van der Waals surface area contributed by atoms with E-state index in [9.17, 15) is 4.39 Å². The van der Waals surface area contributed by atoms with Crippen molar-refractivity contribution in [3.05, 3.63) is 0 Å². The predicted molar refractivity (Wildman–Crippen MR) is 66.5 cm³/mol. The van der Waals surface area contributed by atoms with Gasteiger partial charge in [0.2, 0.25) is 0 Å². The van der Waals surface area contributed by atoms with E-state index < -0.39 is 6.07 Å². The molecule has 90 valence electrons. The summed E-state index contributed by atoms with van der Waals surface area (Å²) in [4.78, 5) is 0. The summed E-state index contributed by atoms with van der Waals surface area (Å²) in [5, 5.41) is 3.10. The molecule has 0 aliphatic carbocycles. The van der Waals surface area contributed by atoms with Gasteiger partial charge in [0.1, 0.15) is 7.85 Å². The highest BCUT2D eigenvalue weighted by atomic mass is 31.1. The van der Waals surface area contributed by atoms with E-state index in [2.05, 4.69) is 5.09 Å². The van der Waals surface area contributed by atoms with Crippen LogP contribution >= 0.6 is 8.73 Å². The zero-order valence-corrected chi connectivity index (χ0v) is 11.2. The Morgan fingerprint density at radius 1 is 1.47 bits per heavy atom. The van der Waals surface area contributed by atoms with Crippen LogP contribution in [0.1, 0.15) is 13.8 Å². The summed E-state index contributed by atoms with van der Waals surface area (Å²) in [6.07, 6.45) is -1.04. The fourth-order valence-electron chi connectivity index (χ4n) is 1.28. The Labute approximate surface area is 94.7 Å². The summed E-state index contributed by atoms with van der Waals surface area (Å²) in [6, 6.07) is -0.294. The first-order chi connectivity index (χ1) is 7.02. The molecular formula is C9H22BFNO2P. The van der Waals surface area contributed by atoms with Gasteiger partial charge in [0.15, 0.2) is 0 Å². The molecule has 0 aliphatic rings. The predicted octanol–water partition coefficient (Wildman–Crippen LogP) is 0.537. The topological polar surface area (TPSA) is 30.5 Å². The molecule has 4 unspecified atom stereocenters. The van der Waals surface area contributed by atoms with Crippen LogP contribution in [0.4, 0.5) is 4.39 Å². The number of methoxy groups -OCH3 is 1. The average Bonchev–Trinajstić information content (AvgIpc) is 2.16. The zero-order valence-electron chi connectivity index (χ0n) is 10.2. The second-order valence-corrected chi connectivity index (χ2v) is 4.54. The van der Waals surface area contributed by atoms with Crippen molar-refractivity contribution in [3.63, 3.8) is 0 Å². The molecule has 0 aromatic heterocycles. The van der Waals surface area contributed by atoms with Gasteiger partial charge in [0.05, 0.1) is 30.9 Å². The number of hydrogen-bond donors (Lipinski definition) is 1. The third-order valence-corrected chi connectivity index (χ3v) is 2.72. The van der Waals surface area contributed by atoms with Crippen LogP contribution in [0.25, 0.3) is 0 Å². The Morgan fingerprint density at radius 2 is 2.07 bits per heavy atom. The van der Waals surface area contributed by atoms with Gasteiger partial charge >= 0.3 is 0 Å². The molecular weight excluding hydrogens is 215 g/mol. The lowest BCUT2D eigenvalue weighted by molar-refractivity contribution is -0.0339. The fraction of sp³-hybridized carbons (Fsp3) is 1.00. The number of ether oxygens (including phenoxy) is 2. The lowest BCUT2D eigenvalue weighted by Gasteiger charge is -2.28. The van der Waals surface area contributed by atoms with E-state index >= 15 is 0 Å². The molecule has 0 spiro atoms. The van der Waals surface area contributed by atoms with Crippen molar-refractivity contribution in [2.24, 2.45) is 0 Å². The van der Waals surface area contributed by atoms with Crippen LogP contribution in [-0.4, -0.2) is 52.5 Å². The third-order valence-electron chi connectivity index (χ3n) is 2.10. The van der Waals surface area contributed by atoms with E-state index in [0.717, 1.165) is 0 Å². The molecule has 6 heteroatoms. The zero-order chi connectivity index (χ0) is 11.8. The standard InChI is InChI=1S/C9H22BFNO2P/c1-6(2)14-5-7(13-3)8(9(10)11)12-15-4/h6-9,12,15H,5,10H2,1-4H3. The molecule has 0 aromatic rings. The number of rotatable bonds is 8. The van der Waals surface area contributed by atoms with Gasteiger partial charge in [0, 0.05) is 7.11 Å². The van der Waals surface area contributed by atoms with Crippen molar-refractivity contribution in [1.82, 2.24) is 5.09 Å². The molecule has 0 heterocycles. The Kier molecular flexibility index (Phi) is 8.63. The van der Waals surface area contributed by atoms with Crippen LogP contribution in [0, 0.1) is 0 Å². The van der Waals surface area contributed by atoms with Crippen LogP contribution in [0.2, 0.25) is 0 Å². The van der Waals surface area contributed by atoms with Crippen LogP contribution in [0.3, 0.4) is 0 Å². The average molecular weight is 237 g/mol. The molecule has 1 N–H and O–H groups in total. The summed E-state index contributed by atoms with van der Waals surface area (Å²) in [6.45, 7) is 6.31. The highest BCUT2D eigenvalue weighted by molar-refractivity contribution is 7.34. The summed E-state index contributed by atoms with van der Waals surface area (Å²) < 4.78 is 24.0. The number of hydrogen-bond acceptors (Lipinski definition) is 3. The van der Waals surface area contributed by atoms with E-state index in [1.165, 1.54) is 0 Å². The molecule has 0 fully saturated rings. The van der Waals surface area contributed by atoms with E-state index in [1.54, 1.807) is 15.0 Å². The lowest BCUT2D eigenvalue weighted by atomic mass is 9.91. The molecule has 0 radical (unpaired) electrons. The summed E-state index contributed by atoms with van der Waals surface area (Å²) in [7, 11) is 3.63. The first kappa shape index (κ1) is 15.3. The molecule has 3 nitrogen and oxygen atoms in total. The van der Waals surface area contributed by atoms with Crippen molar-refractivity contribution in [2.75, 3.05) is 20.4 Å². The molecule has 0 saturated carbocycles. The number of nitrogens with one attached hydrogen (secondary N) is 1. The minimum absolute atomic E-state index is 0.141. The molecule has 0 bridgehead atoms. The fourth-order valence-corrected chi connectivity index (χ4v) is 2.02. The largest absolute Gasteiger partial charge is 0.377 e. The van der Waals surface area contributed by atoms with Crippen LogP contribution in [0.15, 0.2) is 0 Å². The van der Waals surface area contributed by atoms with Crippen molar-refractivity contribution in [3.8, 4) is 0 Å². The number of halogens is 1. The van der Waals surface area contributed by atoms with Gasteiger partial charge in [-0.25, -0.2) is 0 Å². The molecule has 15 heavy (non-hydrogen) atoms. The minimum Gasteiger partial charge on any atom is -0.377 e. The summed E-state index contributed by atoms with van der Waals surface area (Å²) in [5.41, 5.74) is 0. The van der Waals surface area contributed by atoms with Crippen LogP contribution < -0.4 is 5.09 Å². The van der Waals surface area contributed by atoms with Gasteiger partial charge in [-0.15, -0.1) is 0 Å². The first-order valence-electron chi connectivity index (χ1n) is 5.23. The van der Waals surface area contributed by atoms with Gasteiger partial charge in [-0.05, 0) is 20.5 Å². The maximum absolute atomic E-state index is 13.3. The maximum atomic E-state index is 13.3. The van der Waals surface area contributed by atoms with Crippen molar-refractivity contribution >= 4 is 16.6 Å². The lowest BCUT2D eigenvalue weighted by Crippen LogP contribution is -2.47. The SMILES string of the molecule is BC(F)C(NPC)C(COC(C)C)OC. The monoisotopic (exact) mass is 237 g/mol.